The molecule has 2 heterocycles. The number of aromatic amines is 1. The van der Waals surface area contributed by atoms with Crippen molar-refractivity contribution in [2.75, 3.05) is 0 Å². The molecule has 1 fully saturated rings. The Labute approximate surface area is 236 Å². The SMILES string of the molecule is Cc1nonc1C(=O)N[C@H](c1nc2c(F)c([C@@H](CC(F)(F)F)C(=O)N[C@@H](C)C(F)(F)F)ccc2[nH]1)C1CCC(F)(F)CC1. The molecule has 2 amide bonds. The average Bonchev–Trinajstić information content (AvgIpc) is 3.52. The number of hydrogen-bond acceptors (Lipinski definition) is 6. The molecule has 9 nitrogen and oxygen atoms in total. The zero-order valence-electron chi connectivity index (χ0n) is 22.5. The number of alkyl halides is 8. The first-order valence-electron chi connectivity index (χ1n) is 13.0. The van der Waals surface area contributed by atoms with E-state index in [1.54, 1.807) is 0 Å². The second-order valence-corrected chi connectivity index (χ2v) is 10.5. The van der Waals surface area contributed by atoms with Crippen molar-refractivity contribution in [3.63, 3.8) is 0 Å². The van der Waals surface area contributed by atoms with Gasteiger partial charge in [0.25, 0.3) is 5.91 Å². The Morgan fingerprint density at radius 1 is 1.09 bits per heavy atom. The summed E-state index contributed by atoms with van der Waals surface area (Å²) in [5.41, 5.74) is -1.64. The van der Waals surface area contributed by atoms with Gasteiger partial charge in [0.15, 0.2) is 11.5 Å². The number of rotatable bonds is 8. The quantitative estimate of drug-likeness (QED) is 0.271. The molecule has 0 spiro atoms. The topological polar surface area (TPSA) is 126 Å². The Morgan fingerprint density at radius 2 is 1.74 bits per heavy atom. The molecule has 3 aromatic rings. The summed E-state index contributed by atoms with van der Waals surface area (Å²) in [6.07, 6.45) is -13.2. The van der Waals surface area contributed by atoms with Gasteiger partial charge < -0.3 is 15.6 Å². The van der Waals surface area contributed by atoms with E-state index < -0.39 is 90.2 Å². The highest BCUT2D eigenvalue weighted by Gasteiger charge is 2.43. The van der Waals surface area contributed by atoms with Crippen LogP contribution in [0.3, 0.4) is 0 Å². The monoisotopic (exact) mass is 628 g/mol. The van der Waals surface area contributed by atoms with E-state index in [1.165, 1.54) is 12.2 Å². The predicted molar refractivity (Wildman–Crippen MR) is 129 cm³/mol. The molecule has 1 aliphatic carbocycles. The number of fused-ring (bicyclic) bond motifs is 1. The van der Waals surface area contributed by atoms with Gasteiger partial charge in [0.1, 0.15) is 23.1 Å². The molecule has 4 rings (SSSR count). The minimum absolute atomic E-state index is 0.0794. The summed E-state index contributed by atoms with van der Waals surface area (Å²) < 4.78 is 127. The van der Waals surface area contributed by atoms with E-state index in [1.807, 2.05) is 0 Å². The second-order valence-electron chi connectivity index (χ2n) is 10.5. The maximum atomic E-state index is 15.7. The summed E-state index contributed by atoms with van der Waals surface area (Å²) in [4.78, 5) is 32.3. The lowest BCUT2D eigenvalue weighted by molar-refractivity contribution is -0.162. The van der Waals surface area contributed by atoms with E-state index in [4.69, 9.17) is 0 Å². The van der Waals surface area contributed by atoms with E-state index in [9.17, 15) is 44.7 Å². The molecular weight excluding hydrogens is 603 g/mol. The lowest BCUT2D eigenvalue weighted by atomic mass is 9.81. The maximum Gasteiger partial charge on any atom is 0.408 e. The van der Waals surface area contributed by atoms with Gasteiger partial charge >= 0.3 is 12.4 Å². The van der Waals surface area contributed by atoms with Crippen LogP contribution in [0.25, 0.3) is 11.0 Å². The van der Waals surface area contributed by atoms with Crippen molar-refractivity contribution < 1.29 is 53.7 Å². The van der Waals surface area contributed by atoms with Crippen LogP contribution in [0.1, 0.15) is 78.6 Å². The Balaban J connectivity index is 1.72. The van der Waals surface area contributed by atoms with Crippen LogP contribution in [-0.4, -0.2) is 56.4 Å². The van der Waals surface area contributed by atoms with Gasteiger partial charge in [-0.25, -0.2) is 22.8 Å². The molecule has 236 valence electrons. The molecule has 1 saturated carbocycles. The van der Waals surface area contributed by atoms with E-state index in [0.717, 1.165) is 12.1 Å². The standard InChI is InChI=1S/C25H25F9N6O3/c1-10-17(40-43-39-10)22(42)38-18(12-5-7-23(27,28)8-6-12)20-36-15-4-3-13(16(26)19(15)37-20)14(9-24(29,30)31)21(41)35-11(2)25(32,33)34/h3-4,11-12,14,18H,5-9H2,1-2H3,(H,35,41)(H,36,37)(H,38,42)/t11-,14+,18-/m0/s1. The number of benzene rings is 1. The Hall–Kier alpha value is -3.86. The molecule has 0 unspecified atom stereocenters. The van der Waals surface area contributed by atoms with E-state index in [2.05, 4.69) is 30.2 Å². The molecule has 2 aromatic heterocycles. The number of aryl methyl sites for hydroxylation is 1. The summed E-state index contributed by atoms with van der Waals surface area (Å²) in [6, 6.07) is -1.76. The van der Waals surface area contributed by atoms with Gasteiger partial charge in [0, 0.05) is 18.4 Å². The van der Waals surface area contributed by atoms with E-state index >= 15 is 4.39 Å². The van der Waals surface area contributed by atoms with Gasteiger partial charge in [-0.3, -0.25) is 9.59 Å². The molecule has 3 N–H and O–H groups in total. The number of halogens is 9. The van der Waals surface area contributed by atoms with E-state index in [0.29, 0.717) is 6.92 Å². The first-order valence-corrected chi connectivity index (χ1v) is 13.0. The number of nitrogens with zero attached hydrogens (tertiary/aromatic N) is 3. The van der Waals surface area contributed by atoms with Crippen LogP contribution >= 0.6 is 0 Å². The summed E-state index contributed by atoms with van der Waals surface area (Å²) in [6.45, 7) is 1.94. The molecule has 0 radical (unpaired) electrons. The van der Waals surface area contributed by atoms with Crippen molar-refractivity contribution in [3.8, 4) is 0 Å². The highest BCUT2D eigenvalue weighted by Crippen LogP contribution is 2.42. The van der Waals surface area contributed by atoms with Gasteiger partial charge in [-0.15, -0.1) is 0 Å². The van der Waals surface area contributed by atoms with Crippen LogP contribution < -0.4 is 10.6 Å². The van der Waals surface area contributed by atoms with Crippen LogP contribution in [0.4, 0.5) is 39.5 Å². The number of aromatic nitrogens is 4. The molecule has 0 saturated heterocycles. The zero-order valence-corrected chi connectivity index (χ0v) is 22.5. The minimum atomic E-state index is -5.06. The van der Waals surface area contributed by atoms with Crippen LogP contribution in [0.2, 0.25) is 0 Å². The highest BCUT2D eigenvalue weighted by molar-refractivity contribution is 5.93. The molecule has 1 aliphatic rings. The third kappa shape index (κ3) is 7.38. The Kier molecular flexibility index (Phi) is 8.70. The average molecular weight is 628 g/mol. The van der Waals surface area contributed by atoms with Gasteiger partial charge in [0.05, 0.1) is 23.9 Å². The number of carbonyl (C=O) groups is 2. The summed E-state index contributed by atoms with van der Waals surface area (Å²) in [5, 5.41) is 11.0. The van der Waals surface area contributed by atoms with Crippen LogP contribution in [-0.2, 0) is 4.79 Å². The second kappa shape index (κ2) is 11.7. The van der Waals surface area contributed by atoms with Crippen molar-refractivity contribution in [1.29, 1.82) is 0 Å². The van der Waals surface area contributed by atoms with Gasteiger partial charge in [-0.05, 0) is 43.8 Å². The number of imidazole rings is 1. The third-order valence-electron chi connectivity index (χ3n) is 7.30. The fourth-order valence-corrected chi connectivity index (χ4v) is 4.92. The smallest absolute Gasteiger partial charge is 0.344 e. The van der Waals surface area contributed by atoms with Crippen molar-refractivity contribution >= 4 is 22.8 Å². The number of hydrogen-bond donors (Lipinski definition) is 3. The number of carbonyl (C=O) groups excluding carboxylic acids is 2. The zero-order chi connectivity index (χ0) is 31.9. The van der Waals surface area contributed by atoms with Crippen molar-refractivity contribution in [2.45, 2.75) is 82.2 Å². The maximum absolute atomic E-state index is 15.7. The number of H-pyrrole nitrogens is 1. The summed E-state index contributed by atoms with van der Waals surface area (Å²) in [7, 11) is 0. The summed E-state index contributed by atoms with van der Waals surface area (Å²) >= 11 is 0. The van der Waals surface area contributed by atoms with Crippen molar-refractivity contribution in [1.82, 2.24) is 30.9 Å². The van der Waals surface area contributed by atoms with Gasteiger partial charge in [0.2, 0.25) is 11.8 Å². The van der Waals surface area contributed by atoms with Crippen molar-refractivity contribution in [2.24, 2.45) is 5.92 Å². The molecule has 18 heteroatoms. The number of nitrogens with one attached hydrogen (secondary N) is 3. The molecule has 0 aliphatic heterocycles. The molecule has 3 atom stereocenters. The van der Waals surface area contributed by atoms with Gasteiger partial charge in [-0.2, -0.15) is 26.3 Å². The fourth-order valence-electron chi connectivity index (χ4n) is 4.92. The molecule has 1 aromatic carbocycles. The number of amides is 2. The molecular formula is C25H25F9N6O3. The molecule has 43 heavy (non-hydrogen) atoms. The fraction of sp³-hybridized carbons (Fsp3) is 0.560. The lowest BCUT2D eigenvalue weighted by Crippen LogP contribution is -2.45. The van der Waals surface area contributed by atoms with Crippen LogP contribution in [0, 0.1) is 18.7 Å². The Morgan fingerprint density at radius 3 is 2.30 bits per heavy atom. The lowest BCUT2D eigenvalue weighted by Gasteiger charge is -2.33. The largest absolute Gasteiger partial charge is 0.408 e. The first kappa shape index (κ1) is 32.1. The summed E-state index contributed by atoms with van der Waals surface area (Å²) in [5.74, 6) is -10.0. The van der Waals surface area contributed by atoms with E-state index in [-0.39, 0.29) is 35.6 Å². The van der Waals surface area contributed by atoms with Gasteiger partial charge in [-0.1, -0.05) is 11.2 Å². The minimum Gasteiger partial charge on any atom is -0.344 e. The first-order chi connectivity index (χ1) is 19.9. The normalized spacial score (nSPS) is 18.3. The van der Waals surface area contributed by atoms with Crippen molar-refractivity contribution in [3.05, 3.63) is 40.7 Å². The van der Waals surface area contributed by atoms with Crippen LogP contribution in [0.15, 0.2) is 16.8 Å². The molecule has 0 bridgehead atoms. The highest BCUT2D eigenvalue weighted by atomic mass is 19.4. The van der Waals surface area contributed by atoms with Crippen LogP contribution in [0.5, 0.6) is 0 Å². The Bertz CT molecular complexity index is 1470. The third-order valence-corrected chi connectivity index (χ3v) is 7.30. The predicted octanol–water partition coefficient (Wildman–Crippen LogP) is 5.79.